The first-order chi connectivity index (χ1) is 15.5. The Hall–Kier alpha value is -4.14. The lowest BCUT2D eigenvalue weighted by atomic mass is 10.1. The average Bonchev–Trinajstić information content (AvgIpc) is 3.23. The zero-order valence-electron chi connectivity index (χ0n) is 17.6. The molecule has 0 fully saturated rings. The summed E-state index contributed by atoms with van der Waals surface area (Å²) >= 11 is 0. The van der Waals surface area contributed by atoms with Gasteiger partial charge in [-0.05, 0) is 42.7 Å². The number of phenolic OH excluding ortho intramolecular Hbond substituents is 2. The van der Waals surface area contributed by atoms with Gasteiger partial charge in [-0.1, -0.05) is 24.3 Å². The van der Waals surface area contributed by atoms with Gasteiger partial charge in [-0.25, -0.2) is 9.97 Å². The smallest absolute Gasteiger partial charge is 0.234 e. The van der Waals surface area contributed by atoms with Gasteiger partial charge in [0.2, 0.25) is 11.9 Å². The Morgan fingerprint density at radius 2 is 1.88 bits per heavy atom. The van der Waals surface area contributed by atoms with Crippen molar-refractivity contribution in [3.63, 3.8) is 0 Å². The molecule has 0 bridgehead atoms. The first-order valence-corrected chi connectivity index (χ1v) is 10.3. The van der Waals surface area contributed by atoms with Gasteiger partial charge in [-0.3, -0.25) is 4.79 Å². The number of amides is 1. The Morgan fingerprint density at radius 1 is 1.06 bits per heavy atom. The molecule has 0 spiro atoms. The molecule has 3 N–H and O–H groups in total. The quantitative estimate of drug-likeness (QED) is 0.367. The first-order valence-electron chi connectivity index (χ1n) is 10.3. The number of hydrogen-bond acceptors (Lipinski definition) is 7. The molecule has 32 heavy (non-hydrogen) atoms. The number of benzene rings is 2. The highest BCUT2D eigenvalue weighted by atomic mass is 16.3. The van der Waals surface area contributed by atoms with E-state index in [0.29, 0.717) is 37.4 Å². The molecule has 164 valence electrons. The summed E-state index contributed by atoms with van der Waals surface area (Å²) in [6.45, 7) is 0.437. The Kier molecular flexibility index (Phi) is 6.16. The molecular formula is C23H24N6O3. The van der Waals surface area contributed by atoms with E-state index in [-0.39, 0.29) is 17.4 Å². The molecule has 0 atom stereocenters. The van der Waals surface area contributed by atoms with Crippen LogP contribution in [-0.4, -0.2) is 49.3 Å². The number of aromatic hydroxyl groups is 2. The van der Waals surface area contributed by atoms with Crippen molar-refractivity contribution in [3.05, 3.63) is 72.2 Å². The molecule has 0 saturated carbocycles. The zero-order valence-corrected chi connectivity index (χ0v) is 17.6. The fourth-order valence-electron chi connectivity index (χ4n) is 3.43. The van der Waals surface area contributed by atoms with Crippen LogP contribution >= 0.6 is 0 Å². The van der Waals surface area contributed by atoms with Crippen LogP contribution in [0.2, 0.25) is 0 Å². The molecule has 0 aliphatic heterocycles. The summed E-state index contributed by atoms with van der Waals surface area (Å²) in [5.74, 6) is 0.228. The second-order valence-corrected chi connectivity index (χ2v) is 7.40. The van der Waals surface area contributed by atoms with E-state index in [1.807, 2.05) is 42.3 Å². The van der Waals surface area contributed by atoms with Crippen molar-refractivity contribution in [3.8, 4) is 11.5 Å². The number of rotatable bonds is 8. The molecule has 9 nitrogen and oxygen atoms in total. The van der Waals surface area contributed by atoms with Gasteiger partial charge >= 0.3 is 0 Å². The molecule has 4 rings (SSSR count). The molecule has 0 aliphatic rings. The fraction of sp³-hybridized carbons (Fsp3) is 0.217. The van der Waals surface area contributed by atoms with Crippen LogP contribution in [0.4, 0.5) is 11.6 Å². The van der Waals surface area contributed by atoms with Crippen LogP contribution in [0.3, 0.4) is 0 Å². The lowest BCUT2D eigenvalue weighted by Crippen LogP contribution is -2.25. The third kappa shape index (κ3) is 4.61. The van der Waals surface area contributed by atoms with Gasteiger partial charge in [-0.2, -0.15) is 9.61 Å². The maximum absolute atomic E-state index is 12.3. The van der Waals surface area contributed by atoms with E-state index in [1.54, 1.807) is 16.8 Å². The maximum atomic E-state index is 12.3. The molecule has 2 aromatic carbocycles. The first kappa shape index (κ1) is 21.1. The summed E-state index contributed by atoms with van der Waals surface area (Å²) in [7, 11) is 1.92. The van der Waals surface area contributed by atoms with E-state index < -0.39 is 0 Å². The predicted molar refractivity (Wildman–Crippen MR) is 120 cm³/mol. The Bertz CT molecular complexity index is 1230. The summed E-state index contributed by atoms with van der Waals surface area (Å²) in [4.78, 5) is 22.9. The van der Waals surface area contributed by atoms with Gasteiger partial charge in [0.25, 0.3) is 0 Å². The number of nitrogens with zero attached hydrogens (tertiary/aromatic N) is 5. The van der Waals surface area contributed by atoms with Gasteiger partial charge in [0, 0.05) is 31.3 Å². The minimum Gasteiger partial charge on any atom is -0.504 e. The number of nitrogens with one attached hydrogen (secondary N) is 1. The maximum Gasteiger partial charge on any atom is 0.234 e. The van der Waals surface area contributed by atoms with Crippen LogP contribution in [0.15, 0.2) is 61.1 Å². The fourth-order valence-corrected chi connectivity index (χ4v) is 3.43. The van der Waals surface area contributed by atoms with Crippen LogP contribution in [0.1, 0.15) is 17.5 Å². The van der Waals surface area contributed by atoms with Gasteiger partial charge in [0.05, 0.1) is 6.20 Å². The molecule has 0 aliphatic carbocycles. The third-order valence-corrected chi connectivity index (χ3v) is 5.20. The van der Waals surface area contributed by atoms with E-state index in [1.165, 1.54) is 18.5 Å². The number of carbonyl (C=O) groups excluding carboxylic acids is 1. The van der Waals surface area contributed by atoms with Crippen molar-refractivity contribution >= 4 is 23.2 Å². The van der Waals surface area contributed by atoms with Gasteiger partial charge < -0.3 is 20.4 Å². The van der Waals surface area contributed by atoms with Crippen molar-refractivity contribution in [1.29, 1.82) is 0 Å². The number of aryl methyl sites for hydroxylation is 1. The molecule has 0 unspecified atom stereocenters. The highest BCUT2D eigenvalue weighted by Gasteiger charge is 2.15. The Labute approximate surface area is 185 Å². The lowest BCUT2D eigenvalue weighted by molar-refractivity contribution is -0.121. The second kappa shape index (κ2) is 9.34. The second-order valence-electron chi connectivity index (χ2n) is 7.40. The highest BCUT2D eigenvalue weighted by Crippen LogP contribution is 2.25. The van der Waals surface area contributed by atoms with E-state index in [2.05, 4.69) is 20.4 Å². The summed E-state index contributed by atoms with van der Waals surface area (Å²) in [6.07, 6.45) is 4.58. The van der Waals surface area contributed by atoms with Gasteiger partial charge in [0.15, 0.2) is 17.1 Å². The van der Waals surface area contributed by atoms with E-state index in [0.717, 1.165) is 16.8 Å². The summed E-state index contributed by atoms with van der Waals surface area (Å²) in [5, 5.41) is 26.2. The summed E-state index contributed by atoms with van der Waals surface area (Å²) in [5.41, 5.74) is 3.35. The predicted octanol–water partition coefficient (Wildman–Crippen LogP) is 2.59. The zero-order chi connectivity index (χ0) is 22.5. The largest absolute Gasteiger partial charge is 0.504 e. The molecule has 1 amide bonds. The monoisotopic (exact) mass is 432 g/mol. The number of fused-ring (bicyclic) bond motifs is 1. The molecule has 2 heterocycles. The minimum absolute atomic E-state index is 0.0805. The standard InChI is InChI=1S/C23H24N6O3/c1-28(18-5-3-2-4-6-18)23-26-15-25-22-17(14-27-29(22)23)8-10-21(32)24-12-11-16-7-9-19(30)20(31)13-16/h2-7,9,13-15,30-31H,8,10-12H2,1H3,(H,24,32). The number of para-hydroxylation sites is 1. The van der Waals surface area contributed by atoms with Crippen molar-refractivity contribution in [2.75, 3.05) is 18.5 Å². The van der Waals surface area contributed by atoms with Crippen molar-refractivity contribution < 1.29 is 15.0 Å². The van der Waals surface area contributed by atoms with Crippen molar-refractivity contribution in [2.24, 2.45) is 0 Å². The number of phenols is 2. The molecule has 4 aromatic rings. The average molecular weight is 432 g/mol. The van der Waals surface area contributed by atoms with Crippen LogP contribution in [0.5, 0.6) is 11.5 Å². The molecule has 2 aromatic heterocycles. The van der Waals surface area contributed by atoms with Crippen LogP contribution < -0.4 is 10.2 Å². The van der Waals surface area contributed by atoms with E-state index >= 15 is 0 Å². The van der Waals surface area contributed by atoms with E-state index in [9.17, 15) is 15.0 Å². The number of hydrogen-bond donors (Lipinski definition) is 3. The Balaban J connectivity index is 1.36. The van der Waals surface area contributed by atoms with E-state index in [4.69, 9.17) is 0 Å². The summed E-state index contributed by atoms with van der Waals surface area (Å²) in [6, 6.07) is 14.5. The van der Waals surface area contributed by atoms with Crippen molar-refractivity contribution in [2.45, 2.75) is 19.3 Å². The number of anilines is 2. The third-order valence-electron chi connectivity index (χ3n) is 5.20. The lowest BCUT2D eigenvalue weighted by Gasteiger charge is -2.18. The normalized spacial score (nSPS) is 10.9. The Morgan fingerprint density at radius 3 is 2.66 bits per heavy atom. The topological polar surface area (TPSA) is 116 Å². The number of carbonyl (C=O) groups is 1. The van der Waals surface area contributed by atoms with Crippen LogP contribution in [-0.2, 0) is 17.6 Å². The number of aromatic nitrogens is 4. The molecular weight excluding hydrogens is 408 g/mol. The molecule has 9 heteroatoms. The van der Waals surface area contributed by atoms with Crippen molar-refractivity contribution in [1.82, 2.24) is 24.9 Å². The van der Waals surface area contributed by atoms with Gasteiger partial charge in [-0.15, -0.1) is 0 Å². The van der Waals surface area contributed by atoms with Crippen LogP contribution in [0, 0.1) is 0 Å². The summed E-state index contributed by atoms with van der Waals surface area (Å²) < 4.78 is 1.68. The minimum atomic E-state index is -0.166. The molecule has 0 saturated heterocycles. The highest BCUT2D eigenvalue weighted by molar-refractivity contribution is 5.76. The van der Waals surface area contributed by atoms with Gasteiger partial charge in [0.1, 0.15) is 6.33 Å². The SMILES string of the molecule is CN(c1ccccc1)c1ncnc2c(CCC(=O)NCCc3ccc(O)c(O)c3)cnn12. The van der Waals surface area contributed by atoms with Crippen LogP contribution in [0.25, 0.3) is 5.65 Å². The molecule has 0 radical (unpaired) electrons.